The van der Waals surface area contributed by atoms with Gasteiger partial charge in [-0.2, -0.15) is 0 Å². The molecule has 2 nitrogen and oxygen atoms in total. The zero-order chi connectivity index (χ0) is 9.80. The van der Waals surface area contributed by atoms with Gasteiger partial charge in [0.1, 0.15) is 0 Å². The van der Waals surface area contributed by atoms with Gasteiger partial charge in [0, 0.05) is 6.20 Å². The lowest BCUT2D eigenvalue weighted by atomic mass is 10.0. The van der Waals surface area contributed by atoms with Crippen LogP contribution in [0.3, 0.4) is 0 Å². The molecule has 1 amide bonds. The van der Waals surface area contributed by atoms with Crippen molar-refractivity contribution in [2.75, 3.05) is 0 Å². The van der Waals surface area contributed by atoms with E-state index in [0.29, 0.717) is 6.42 Å². The molecule has 0 aliphatic carbocycles. The van der Waals surface area contributed by atoms with Gasteiger partial charge < -0.3 is 5.32 Å². The molecule has 1 N–H and O–H groups in total. The molecule has 0 spiro atoms. The third-order valence-corrected chi connectivity index (χ3v) is 2.13. The first-order valence-electron chi connectivity index (χ1n) is 4.57. The summed E-state index contributed by atoms with van der Waals surface area (Å²) in [5.74, 6) is 0.0360. The quantitative estimate of drug-likeness (QED) is 0.713. The van der Waals surface area contributed by atoms with E-state index in [1.165, 1.54) is 0 Å². The molecule has 14 heavy (non-hydrogen) atoms. The Kier molecular flexibility index (Phi) is 2.45. The maximum absolute atomic E-state index is 11.3. The van der Waals surface area contributed by atoms with Gasteiger partial charge >= 0.3 is 0 Å². The molecule has 0 unspecified atom stereocenters. The normalized spacial score (nSPS) is 15.7. The SMILES string of the molecule is O=C1CC(c2ccccc2)=CC=CN1. The standard InChI is InChI=1S/C12H11NO/c14-12-9-11(7-4-8-13-12)10-5-2-1-3-6-10/h1-8H,9H2,(H,13,14). The van der Waals surface area contributed by atoms with E-state index < -0.39 is 0 Å². The fourth-order valence-electron chi connectivity index (χ4n) is 1.44. The van der Waals surface area contributed by atoms with E-state index in [-0.39, 0.29) is 5.91 Å². The third kappa shape index (κ3) is 1.91. The van der Waals surface area contributed by atoms with Gasteiger partial charge in [-0.15, -0.1) is 0 Å². The highest BCUT2D eigenvalue weighted by Crippen LogP contribution is 2.18. The minimum atomic E-state index is 0.0360. The minimum Gasteiger partial charge on any atom is -0.332 e. The third-order valence-electron chi connectivity index (χ3n) is 2.13. The predicted octanol–water partition coefficient (Wildman–Crippen LogP) is 2.10. The number of hydrogen-bond acceptors (Lipinski definition) is 1. The average Bonchev–Trinajstić information content (AvgIpc) is 2.44. The van der Waals surface area contributed by atoms with Crippen molar-refractivity contribution in [1.82, 2.24) is 5.32 Å². The van der Waals surface area contributed by atoms with E-state index in [2.05, 4.69) is 5.32 Å². The summed E-state index contributed by atoms with van der Waals surface area (Å²) in [6.07, 6.45) is 5.93. The molecular formula is C12H11NO. The molecule has 1 aliphatic rings. The fourth-order valence-corrected chi connectivity index (χ4v) is 1.44. The number of nitrogens with one attached hydrogen (secondary N) is 1. The van der Waals surface area contributed by atoms with Crippen LogP contribution < -0.4 is 5.32 Å². The summed E-state index contributed by atoms with van der Waals surface area (Å²) in [5, 5.41) is 2.67. The van der Waals surface area contributed by atoms with Crippen molar-refractivity contribution in [2.45, 2.75) is 6.42 Å². The van der Waals surface area contributed by atoms with Crippen LogP contribution in [0.25, 0.3) is 5.57 Å². The molecule has 0 saturated carbocycles. The first-order valence-corrected chi connectivity index (χ1v) is 4.57. The molecule has 1 aromatic carbocycles. The molecule has 70 valence electrons. The van der Waals surface area contributed by atoms with Crippen molar-refractivity contribution < 1.29 is 4.79 Å². The molecule has 0 atom stereocenters. The first kappa shape index (κ1) is 8.75. The maximum atomic E-state index is 11.3. The second kappa shape index (κ2) is 3.92. The predicted molar refractivity (Wildman–Crippen MR) is 56.3 cm³/mol. The molecular weight excluding hydrogens is 174 g/mol. The Hall–Kier alpha value is -1.83. The number of benzene rings is 1. The van der Waals surface area contributed by atoms with Crippen molar-refractivity contribution in [3.05, 3.63) is 54.2 Å². The van der Waals surface area contributed by atoms with Crippen molar-refractivity contribution in [1.29, 1.82) is 0 Å². The van der Waals surface area contributed by atoms with Crippen molar-refractivity contribution >= 4 is 11.5 Å². The molecule has 2 rings (SSSR count). The van der Waals surface area contributed by atoms with E-state index >= 15 is 0 Å². The van der Waals surface area contributed by atoms with Crippen LogP contribution in [-0.4, -0.2) is 5.91 Å². The highest BCUT2D eigenvalue weighted by Gasteiger charge is 2.07. The number of carbonyl (C=O) groups is 1. The second-order valence-electron chi connectivity index (χ2n) is 3.16. The van der Waals surface area contributed by atoms with Crippen LogP contribution in [0.2, 0.25) is 0 Å². The first-order chi connectivity index (χ1) is 6.86. The number of amides is 1. The monoisotopic (exact) mass is 185 g/mol. The zero-order valence-electron chi connectivity index (χ0n) is 7.73. The zero-order valence-corrected chi connectivity index (χ0v) is 7.73. The Morgan fingerprint density at radius 2 is 1.93 bits per heavy atom. The fraction of sp³-hybridized carbons (Fsp3) is 0.0833. The highest BCUT2D eigenvalue weighted by atomic mass is 16.1. The van der Waals surface area contributed by atoms with Crippen LogP contribution >= 0.6 is 0 Å². The van der Waals surface area contributed by atoms with Gasteiger partial charge in [0.05, 0.1) is 6.42 Å². The van der Waals surface area contributed by atoms with Gasteiger partial charge in [0.15, 0.2) is 0 Å². The van der Waals surface area contributed by atoms with E-state index in [4.69, 9.17) is 0 Å². The lowest BCUT2D eigenvalue weighted by Crippen LogP contribution is -2.15. The van der Waals surface area contributed by atoms with Crippen LogP contribution in [0, 0.1) is 0 Å². The average molecular weight is 185 g/mol. The summed E-state index contributed by atoms with van der Waals surface area (Å²) in [7, 11) is 0. The number of rotatable bonds is 1. The van der Waals surface area contributed by atoms with E-state index in [9.17, 15) is 4.79 Å². The molecule has 0 bridgehead atoms. The van der Waals surface area contributed by atoms with Crippen molar-refractivity contribution in [3.63, 3.8) is 0 Å². The van der Waals surface area contributed by atoms with Crippen molar-refractivity contribution in [3.8, 4) is 0 Å². The summed E-state index contributed by atoms with van der Waals surface area (Å²) in [5.41, 5.74) is 2.16. The molecule has 0 fully saturated rings. The van der Waals surface area contributed by atoms with Crippen LogP contribution in [0.1, 0.15) is 12.0 Å². The Bertz CT molecular complexity index is 390. The summed E-state index contributed by atoms with van der Waals surface area (Å²) in [6, 6.07) is 9.94. The van der Waals surface area contributed by atoms with Crippen LogP contribution in [0.15, 0.2) is 48.7 Å². The van der Waals surface area contributed by atoms with Gasteiger partial charge in [-0.25, -0.2) is 0 Å². The molecule has 0 aromatic heterocycles. The van der Waals surface area contributed by atoms with Gasteiger partial charge in [-0.3, -0.25) is 4.79 Å². The van der Waals surface area contributed by atoms with Crippen LogP contribution in [0.5, 0.6) is 0 Å². The smallest absolute Gasteiger partial charge is 0.228 e. The van der Waals surface area contributed by atoms with Gasteiger partial charge in [0.2, 0.25) is 5.91 Å². The Labute approximate surface area is 82.9 Å². The molecule has 1 aliphatic heterocycles. The Balaban J connectivity index is 2.30. The van der Waals surface area contributed by atoms with Gasteiger partial charge in [0.25, 0.3) is 0 Å². The maximum Gasteiger partial charge on any atom is 0.228 e. The van der Waals surface area contributed by atoms with E-state index in [1.54, 1.807) is 6.20 Å². The summed E-state index contributed by atoms with van der Waals surface area (Å²) in [6.45, 7) is 0. The molecule has 2 heteroatoms. The highest BCUT2D eigenvalue weighted by molar-refractivity contribution is 5.90. The lowest BCUT2D eigenvalue weighted by molar-refractivity contribution is -0.119. The largest absolute Gasteiger partial charge is 0.332 e. The van der Waals surface area contributed by atoms with Gasteiger partial charge in [-0.05, 0) is 17.2 Å². The summed E-state index contributed by atoms with van der Waals surface area (Å²) in [4.78, 5) is 11.3. The molecule has 0 radical (unpaired) electrons. The Morgan fingerprint density at radius 1 is 1.14 bits per heavy atom. The molecule has 1 heterocycles. The molecule has 1 aromatic rings. The van der Waals surface area contributed by atoms with Crippen molar-refractivity contribution in [2.24, 2.45) is 0 Å². The van der Waals surface area contributed by atoms with Crippen LogP contribution in [0.4, 0.5) is 0 Å². The number of allylic oxidation sites excluding steroid dienone is 2. The van der Waals surface area contributed by atoms with Gasteiger partial charge in [-0.1, -0.05) is 36.4 Å². The lowest BCUT2D eigenvalue weighted by Gasteiger charge is -2.03. The van der Waals surface area contributed by atoms with E-state index in [1.807, 2.05) is 42.5 Å². The van der Waals surface area contributed by atoms with E-state index in [0.717, 1.165) is 11.1 Å². The number of hydrogen-bond donors (Lipinski definition) is 1. The molecule has 0 saturated heterocycles. The summed E-state index contributed by atoms with van der Waals surface area (Å²) >= 11 is 0. The summed E-state index contributed by atoms with van der Waals surface area (Å²) < 4.78 is 0. The second-order valence-corrected chi connectivity index (χ2v) is 3.16. The minimum absolute atomic E-state index is 0.0360. The topological polar surface area (TPSA) is 29.1 Å². The number of carbonyl (C=O) groups excluding carboxylic acids is 1. The van der Waals surface area contributed by atoms with Crippen LogP contribution in [-0.2, 0) is 4.79 Å². The Morgan fingerprint density at radius 3 is 2.71 bits per heavy atom.